The molecule has 3 rings (SSSR count). The molecule has 0 radical (unpaired) electrons. The highest BCUT2D eigenvalue weighted by Gasteiger charge is 2.14. The summed E-state index contributed by atoms with van der Waals surface area (Å²) >= 11 is 6.09. The summed E-state index contributed by atoms with van der Waals surface area (Å²) in [6, 6.07) is 11.1. The second-order valence-corrected chi connectivity index (χ2v) is 6.19. The molecule has 0 bridgehead atoms. The van der Waals surface area contributed by atoms with Crippen LogP contribution in [0.25, 0.3) is 0 Å². The third-order valence-corrected chi connectivity index (χ3v) is 4.19. The molecule has 2 aromatic heterocycles. The first-order chi connectivity index (χ1) is 12.6. The number of hydrogen-bond donors (Lipinski definition) is 1. The Balaban J connectivity index is 1.56. The van der Waals surface area contributed by atoms with E-state index in [-0.39, 0.29) is 24.8 Å². The van der Waals surface area contributed by atoms with Crippen molar-refractivity contribution < 1.29 is 13.9 Å². The van der Waals surface area contributed by atoms with Crippen molar-refractivity contribution in [3.8, 4) is 5.75 Å². The molecule has 3 aromatic rings. The summed E-state index contributed by atoms with van der Waals surface area (Å²) in [7, 11) is 0. The number of ether oxygens (including phenoxy) is 1. The summed E-state index contributed by atoms with van der Waals surface area (Å²) in [4.78, 5) is 12.2. The third kappa shape index (κ3) is 4.26. The number of carbonyl (C=O) groups is 1. The van der Waals surface area contributed by atoms with Crippen LogP contribution in [0.2, 0.25) is 5.02 Å². The Kier molecular flexibility index (Phi) is 5.63. The van der Waals surface area contributed by atoms with Gasteiger partial charge in [0.05, 0.1) is 11.6 Å². The van der Waals surface area contributed by atoms with Crippen LogP contribution in [0.4, 0.5) is 0 Å². The van der Waals surface area contributed by atoms with Crippen molar-refractivity contribution in [3.05, 3.63) is 70.4 Å². The number of aromatic nitrogens is 2. The molecule has 0 saturated carbocycles. The average molecular weight is 374 g/mol. The van der Waals surface area contributed by atoms with E-state index in [9.17, 15) is 4.79 Å². The summed E-state index contributed by atoms with van der Waals surface area (Å²) in [5.41, 5.74) is 1.66. The van der Waals surface area contributed by atoms with Gasteiger partial charge in [-0.15, -0.1) is 0 Å². The molecule has 0 spiro atoms. The molecule has 1 aromatic carbocycles. The zero-order valence-corrected chi connectivity index (χ0v) is 15.4. The minimum Gasteiger partial charge on any atom is -0.485 e. The van der Waals surface area contributed by atoms with E-state index in [4.69, 9.17) is 20.8 Å². The quantitative estimate of drug-likeness (QED) is 0.680. The molecule has 0 aliphatic heterocycles. The number of para-hydroxylation sites is 1. The maximum Gasteiger partial charge on any atom is 0.287 e. The first-order valence-corrected chi connectivity index (χ1v) is 8.71. The highest BCUT2D eigenvalue weighted by atomic mass is 35.5. The Morgan fingerprint density at radius 3 is 2.85 bits per heavy atom. The Hall–Kier alpha value is -2.73. The van der Waals surface area contributed by atoms with Crippen LogP contribution in [0.15, 0.2) is 47.0 Å². The number of benzene rings is 1. The lowest BCUT2D eigenvalue weighted by molar-refractivity contribution is 0.0918. The second-order valence-electron chi connectivity index (χ2n) is 5.78. The lowest BCUT2D eigenvalue weighted by Crippen LogP contribution is -2.22. The Morgan fingerprint density at radius 1 is 1.31 bits per heavy atom. The van der Waals surface area contributed by atoms with Crippen LogP contribution in [-0.4, -0.2) is 15.7 Å². The summed E-state index contributed by atoms with van der Waals surface area (Å²) in [6.45, 7) is 5.15. The number of nitrogens with one attached hydrogen (secondary N) is 1. The topological polar surface area (TPSA) is 69.3 Å². The SMILES string of the molecule is CCn1cc(Cl)c(CNC(=O)c2ccc(COc3ccccc3C)o2)n1. The fraction of sp³-hybridized carbons (Fsp3) is 0.263. The molecule has 1 amide bonds. The van der Waals surface area contributed by atoms with Crippen molar-refractivity contribution in [3.63, 3.8) is 0 Å². The highest BCUT2D eigenvalue weighted by molar-refractivity contribution is 6.31. The maximum atomic E-state index is 12.2. The first kappa shape index (κ1) is 18.1. The van der Waals surface area contributed by atoms with Gasteiger partial charge in [-0.2, -0.15) is 5.10 Å². The predicted molar refractivity (Wildman–Crippen MR) is 98.3 cm³/mol. The van der Waals surface area contributed by atoms with E-state index in [0.29, 0.717) is 16.5 Å². The number of halogens is 1. The van der Waals surface area contributed by atoms with Crippen molar-refractivity contribution in [2.45, 2.75) is 33.5 Å². The minimum atomic E-state index is -0.325. The van der Waals surface area contributed by atoms with Gasteiger partial charge in [-0.25, -0.2) is 0 Å². The fourth-order valence-electron chi connectivity index (χ4n) is 2.41. The van der Waals surface area contributed by atoms with Crippen LogP contribution < -0.4 is 10.1 Å². The summed E-state index contributed by atoms with van der Waals surface area (Å²) in [6.07, 6.45) is 1.73. The van der Waals surface area contributed by atoms with E-state index in [0.717, 1.165) is 17.9 Å². The van der Waals surface area contributed by atoms with Gasteiger partial charge in [-0.05, 0) is 37.6 Å². The number of aryl methyl sites for hydroxylation is 2. The van der Waals surface area contributed by atoms with Crippen molar-refractivity contribution in [2.24, 2.45) is 0 Å². The molecule has 0 saturated heterocycles. The van der Waals surface area contributed by atoms with Crippen LogP contribution in [0, 0.1) is 6.92 Å². The van der Waals surface area contributed by atoms with Gasteiger partial charge < -0.3 is 14.5 Å². The van der Waals surface area contributed by atoms with Gasteiger partial charge in [-0.3, -0.25) is 9.48 Å². The number of nitrogens with zero attached hydrogens (tertiary/aromatic N) is 2. The normalized spacial score (nSPS) is 10.7. The Bertz CT molecular complexity index is 901. The number of amides is 1. The summed E-state index contributed by atoms with van der Waals surface area (Å²) < 4.78 is 13.0. The molecule has 0 unspecified atom stereocenters. The van der Waals surface area contributed by atoms with Gasteiger partial charge >= 0.3 is 0 Å². The fourth-order valence-corrected chi connectivity index (χ4v) is 2.63. The number of carbonyl (C=O) groups excluding carboxylic acids is 1. The molecule has 0 aliphatic rings. The number of hydrogen-bond acceptors (Lipinski definition) is 4. The molecule has 1 N–H and O–H groups in total. The monoisotopic (exact) mass is 373 g/mol. The van der Waals surface area contributed by atoms with E-state index in [1.54, 1.807) is 23.0 Å². The minimum absolute atomic E-state index is 0.222. The Morgan fingerprint density at radius 2 is 2.12 bits per heavy atom. The van der Waals surface area contributed by atoms with Crippen LogP contribution in [0.1, 0.15) is 34.5 Å². The molecule has 6 nitrogen and oxygen atoms in total. The molecule has 26 heavy (non-hydrogen) atoms. The van der Waals surface area contributed by atoms with E-state index in [2.05, 4.69) is 10.4 Å². The lowest BCUT2D eigenvalue weighted by Gasteiger charge is -2.06. The molecule has 0 fully saturated rings. The predicted octanol–water partition coefficient (Wildman–Crippen LogP) is 3.97. The van der Waals surface area contributed by atoms with Gasteiger partial charge in [0.2, 0.25) is 0 Å². The van der Waals surface area contributed by atoms with Crippen LogP contribution >= 0.6 is 11.6 Å². The number of rotatable bonds is 7. The maximum absolute atomic E-state index is 12.2. The average Bonchev–Trinajstić information content (AvgIpc) is 3.25. The first-order valence-electron chi connectivity index (χ1n) is 8.34. The standard InChI is InChI=1S/C19H20ClN3O3/c1-3-23-11-15(20)16(22-23)10-21-19(24)18-9-8-14(26-18)12-25-17-7-5-4-6-13(17)2/h4-9,11H,3,10,12H2,1-2H3,(H,21,24). The molecule has 0 aliphatic carbocycles. The van der Waals surface area contributed by atoms with E-state index < -0.39 is 0 Å². The molecule has 2 heterocycles. The zero-order valence-electron chi connectivity index (χ0n) is 14.7. The zero-order chi connectivity index (χ0) is 18.5. The molecular formula is C19H20ClN3O3. The van der Waals surface area contributed by atoms with Crippen LogP contribution in [-0.2, 0) is 19.7 Å². The Labute approximate surface area is 156 Å². The lowest BCUT2D eigenvalue weighted by atomic mass is 10.2. The van der Waals surface area contributed by atoms with Crippen molar-refractivity contribution in [1.29, 1.82) is 0 Å². The summed E-state index contributed by atoms with van der Waals surface area (Å²) in [5, 5.41) is 7.57. The molecular weight excluding hydrogens is 354 g/mol. The van der Waals surface area contributed by atoms with Gasteiger partial charge in [0.1, 0.15) is 23.8 Å². The molecule has 0 atom stereocenters. The smallest absolute Gasteiger partial charge is 0.287 e. The van der Waals surface area contributed by atoms with Crippen molar-refractivity contribution in [1.82, 2.24) is 15.1 Å². The van der Waals surface area contributed by atoms with Gasteiger partial charge in [-0.1, -0.05) is 29.8 Å². The molecule has 7 heteroatoms. The van der Waals surface area contributed by atoms with Crippen LogP contribution in [0.5, 0.6) is 5.75 Å². The molecule has 136 valence electrons. The highest BCUT2D eigenvalue weighted by Crippen LogP contribution is 2.19. The largest absolute Gasteiger partial charge is 0.485 e. The summed E-state index contributed by atoms with van der Waals surface area (Å²) in [5.74, 6) is 1.26. The number of furan rings is 1. The van der Waals surface area contributed by atoms with E-state index >= 15 is 0 Å². The van der Waals surface area contributed by atoms with E-state index in [1.165, 1.54) is 0 Å². The van der Waals surface area contributed by atoms with Gasteiger partial charge in [0.25, 0.3) is 5.91 Å². The van der Waals surface area contributed by atoms with Gasteiger partial charge in [0, 0.05) is 12.7 Å². The van der Waals surface area contributed by atoms with Crippen molar-refractivity contribution >= 4 is 17.5 Å². The third-order valence-electron chi connectivity index (χ3n) is 3.88. The van der Waals surface area contributed by atoms with Crippen LogP contribution in [0.3, 0.4) is 0 Å². The second kappa shape index (κ2) is 8.10. The van der Waals surface area contributed by atoms with E-state index in [1.807, 2.05) is 38.1 Å². The van der Waals surface area contributed by atoms with Gasteiger partial charge in [0.15, 0.2) is 5.76 Å². The van der Waals surface area contributed by atoms with Crippen molar-refractivity contribution in [2.75, 3.05) is 0 Å².